The molecule has 0 bridgehead atoms. The molecule has 6 aromatic rings. The van der Waals surface area contributed by atoms with E-state index in [-0.39, 0.29) is 111 Å². The topological polar surface area (TPSA) is 227 Å². The number of carbonyl (C=O) groups excluding carboxylic acids is 3. The minimum atomic E-state index is -4.62. The van der Waals surface area contributed by atoms with Gasteiger partial charge in [0, 0.05) is 59.1 Å². The first-order chi connectivity index (χ1) is 41.9. The summed E-state index contributed by atoms with van der Waals surface area (Å²) < 4.78 is 98.0. The molecule has 0 aliphatic heterocycles. The van der Waals surface area contributed by atoms with Gasteiger partial charge >= 0.3 is 24.1 Å². The second-order valence-electron chi connectivity index (χ2n) is 21.0. The summed E-state index contributed by atoms with van der Waals surface area (Å²) >= 11 is 37.3. The van der Waals surface area contributed by atoms with Crippen molar-refractivity contribution in [3.05, 3.63) is 170 Å². The standard InChI is InChI=1S/C21H19Br2F4NO4.C21H22Cl2FNO4.C20H19Cl3FNO4/c1-10(2)19(29)28-14-4-12(3-13(8-14)21(25,26)27)9-32-18-15(22)5-11(6-16(18)23)7-17(24)20(30)31;1-11(2)20(26)25-15-5-12(3)4-14(6-15)10-29-19-16(22)7-13(8-17(19)23)9-18(24)21(27)28;1-10(2)19(26)25-14-4-12(3-13(21)8-14)9-29-18-15(22)5-11(6-16(18)23)7-17(24)20(27)28/h3-6,8,10,17H,7,9H2,1-2H3,(H,28,29)(H,30,31);4-8,11,18H,9-10H2,1-3H3,(H,25,26)(H,27,28);3-6,8,10,17H,7,9H2,1-2H3,(H,25,26)(H,27,28). The summed E-state index contributed by atoms with van der Waals surface area (Å²) in [6.45, 7) is 12.3. The van der Waals surface area contributed by atoms with Crippen molar-refractivity contribution in [2.24, 2.45) is 17.8 Å². The van der Waals surface area contributed by atoms with E-state index in [1.165, 1.54) is 42.5 Å². The molecule has 0 aromatic heterocycles. The van der Waals surface area contributed by atoms with Crippen LogP contribution in [0.2, 0.25) is 25.1 Å². The molecule has 0 aliphatic carbocycles. The van der Waals surface area contributed by atoms with Crippen LogP contribution < -0.4 is 30.2 Å². The van der Waals surface area contributed by atoms with Crippen molar-refractivity contribution in [3.63, 3.8) is 0 Å². The Morgan fingerprint density at radius 1 is 0.444 bits per heavy atom. The van der Waals surface area contributed by atoms with Crippen molar-refractivity contribution in [1.82, 2.24) is 0 Å². The van der Waals surface area contributed by atoms with Crippen molar-refractivity contribution >= 4 is 143 Å². The van der Waals surface area contributed by atoms with E-state index in [1.807, 2.05) is 32.9 Å². The quantitative estimate of drug-likeness (QED) is 0.0311. The number of aliphatic carboxylic acids is 3. The number of hydrogen-bond acceptors (Lipinski definition) is 9. The van der Waals surface area contributed by atoms with E-state index in [1.54, 1.807) is 52.0 Å². The van der Waals surface area contributed by atoms with Gasteiger partial charge in [-0.1, -0.05) is 106 Å². The van der Waals surface area contributed by atoms with E-state index in [2.05, 4.69) is 47.8 Å². The van der Waals surface area contributed by atoms with Crippen molar-refractivity contribution in [3.8, 4) is 17.2 Å². The molecule has 0 heterocycles. The third-order valence-electron chi connectivity index (χ3n) is 12.2. The Hall–Kier alpha value is -6.47. The molecule has 0 saturated heterocycles. The third kappa shape index (κ3) is 24.6. The molecule has 90 heavy (non-hydrogen) atoms. The predicted octanol–water partition coefficient (Wildman–Crippen LogP) is 17.6. The fourth-order valence-corrected chi connectivity index (χ4v) is 10.7. The van der Waals surface area contributed by atoms with Gasteiger partial charge in [0.15, 0.2) is 11.5 Å². The van der Waals surface area contributed by atoms with E-state index in [0.29, 0.717) is 47.6 Å². The molecule has 28 heteroatoms. The van der Waals surface area contributed by atoms with Crippen LogP contribution in [0.1, 0.15) is 86.1 Å². The third-order valence-corrected chi connectivity index (χ3v) is 14.7. The Bertz CT molecular complexity index is 3370. The Morgan fingerprint density at radius 2 is 0.756 bits per heavy atom. The first-order valence-electron chi connectivity index (χ1n) is 26.9. The summed E-state index contributed by atoms with van der Waals surface area (Å²) in [5, 5.41) is 35.1. The zero-order valence-corrected chi connectivity index (χ0v) is 55.7. The number of alkyl halides is 6. The van der Waals surface area contributed by atoms with Gasteiger partial charge in [-0.05, 0) is 163 Å². The normalized spacial score (nSPS) is 12.2. The van der Waals surface area contributed by atoms with Gasteiger partial charge in [0.2, 0.25) is 36.2 Å². The summed E-state index contributed by atoms with van der Waals surface area (Å²) in [5.41, 5.74) is 3.91. The molecule has 3 unspecified atom stereocenters. The van der Waals surface area contributed by atoms with Crippen LogP contribution >= 0.6 is 89.9 Å². The Labute approximate surface area is 556 Å². The van der Waals surface area contributed by atoms with Gasteiger partial charge in [-0.15, -0.1) is 0 Å². The second kappa shape index (κ2) is 34.8. The number of anilines is 3. The molecule has 6 aromatic carbocycles. The fourth-order valence-electron chi connectivity index (χ4n) is 7.65. The van der Waals surface area contributed by atoms with Crippen molar-refractivity contribution in [2.45, 2.75) is 112 Å². The molecule has 3 amide bonds. The smallest absolute Gasteiger partial charge is 0.416 e. The largest absolute Gasteiger partial charge is 0.487 e. The van der Waals surface area contributed by atoms with Gasteiger partial charge in [0.25, 0.3) is 0 Å². The summed E-state index contributed by atoms with van der Waals surface area (Å²) in [5.74, 6) is -5.45. The van der Waals surface area contributed by atoms with Crippen LogP contribution in [0.3, 0.4) is 0 Å². The molecule has 0 spiro atoms. The number of ether oxygens (including phenoxy) is 3. The van der Waals surface area contributed by atoms with Crippen LogP contribution in [0.4, 0.5) is 43.4 Å². The average Bonchev–Trinajstić information content (AvgIpc) is 1.55. The molecule has 0 radical (unpaired) electrons. The van der Waals surface area contributed by atoms with Gasteiger partial charge in [0.1, 0.15) is 25.6 Å². The lowest BCUT2D eigenvalue weighted by Gasteiger charge is -2.16. The number of amides is 3. The Kier molecular flexibility index (Phi) is 29.4. The minimum absolute atomic E-state index is 0.00624. The zero-order valence-electron chi connectivity index (χ0n) is 48.8. The first kappa shape index (κ1) is 76.0. The van der Waals surface area contributed by atoms with Crippen LogP contribution in [0.25, 0.3) is 0 Å². The molecule has 6 rings (SSSR count). The minimum Gasteiger partial charge on any atom is -0.487 e. The predicted molar refractivity (Wildman–Crippen MR) is 341 cm³/mol. The van der Waals surface area contributed by atoms with E-state index < -0.39 is 60.0 Å². The monoisotopic (exact) mass is 1490 g/mol. The number of rotatable bonds is 24. The number of carboxylic acid groups (broad SMARTS) is 3. The molecular formula is C62H60Br2Cl5F6N3O12. The molecule has 15 nitrogen and oxygen atoms in total. The highest BCUT2D eigenvalue weighted by molar-refractivity contribution is 9.11. The number of carbonyl (C=O) groups is 6. The molecule has 3 atom stereocenters. The van der Waals surface area contributed by atoms with E-state index in [9.17, 15) is 55.1 Å². The summed E-state index contributed by atoms with van der Waals surface area (Å²) in [6.07, 6.45) is -11.9. The lowest BCUT2D eigenvalue weighted by molar-refractivity contribution is -0.143. The van der Waals surface area contributed by atoms with Crippen LogP contribution in [0.5, 0.6) is 17.2 Å². The van der Waals surface area contributed by atoms with Crippen molar-refractivity contribution in [1.29, 1.82) is 0 Å². The Balaban J connectivity index is 0.000000289. The molecule has 0 saturated carbocycles. The highest BCUT2D eigenvalue weighted by atomic mass is 79.9. The molecule has 6 N–H and O–H groups in total. The van der Waals surface area contributed by atoms with Crippen LogP contribution in [-0.4, -0.2) is 69.5 Å². The highest BCUT2D eigenvalue weighted by Gasteiger charge is 2.32. The highest BCUT2D eigenvalue weighted by Crippen LogP contribution is 2.40. The number of benzene rings is 6. The van der Waals surface area contributed by atoms with E-state index >= 15 is 0 Å². The first-order valence-corrected chi connectivity index (χ1v) is 30.3. The fraction of sp³-hybridized carbons (Fsp3) is 0.323. The molecule has 0 aliphatic rings. The van der Waals surface area contributed by atoms with Gasteiger partial charge in [-0.3, -0.25) is 14.4 Å². The van der Waals surface area contributed by atoms with E-state index in [4.69, 9.17) is 87.5 Å². The molecule has 0 fully saturated rings. The van der Waals surface area contributed by atoms with Crippen LogP contribution in [0.15, 0.2) is 99.9 Å². The van der Waals surface area contributed by atoms with Gasteiger partial charge in [0.05, 0.1) is 34.6 Å². The second-order valence-corrected chi connectivity index (χ2v) is 24.7. The lowest BCUT2D eigenvalue weighted by Crippen LogP contribution is -2.18. The number of halogens is 13. The summed E-state index contributed by atoms with van der Waals surface area (Å²) in [6, 6.07) is 22.3. The lowest BCUT2D eigenvalue weighted by atomic mass is 10.1. The van der Waals surface area contributed by atoms with Gasteiger partial charge in [-0.25, -0.2) is 27.6 Å². The number of aryl methyl sites for hydroxylation is 1. The van der Waals surface area contributed by atoms with Crippen molar-refractivity contribution < 1.29 is 84.6 Å². The maximum Gasteiger partial charge on any atom is 0.416 e. The number of hydrogen-bond donors (Lipinski definition) is 6. The SMILES string of the molecule is CC(C)C(=O)Nc1cc(COc2c(Br)cc(CC(F)C(=O)O)cc2Br)cc(C(F)(F)F)c1.CC(C)C(=O)Nc1cc(Cl)cc(COc2c(Cl)cc(CC(F)C(=O)O)cc2Cl)c1.Cc1cc(COc2c(Cl)cc(CC(F)C(=O)O)cc2Cl)cc(NC(=O)C(C)C)c1. The van der Waals surface area contributed by atoms with Crippen LogP contribution in [-0.2, 0) is 74.0 Å². The maximum atomic E-state index is 13.5. The molecular weight excluding hydrogens is 1430 g/mol. The van der Waals surface area contributed by atoms with E-state index in [0.717, 1.165) is 23.3 Å². The average molecular weight is 1490 g/mol. The summed E-state index contributed by atoms with van der Waals surface area (Å²) in [7, 11) is 0. The number of nitrogens with one attached hydrogen (secondary N) is 3. The molecule has 486 valence electrons. The van der Waals surface area contributed by atoms with Crippen LogP contribution in [0, 0.1) is 24.7 Å². The summed E-state index contributed by atoms with van der Waals surface area (Å²) in [4.78, 5) is 67.7. The van der Waals surface area contributed by atoms with Crippen molar-refractivity contribution in [2.75, 3.05) is 16.0 Å². The zero-order chi connectivity index (χ0) is 67.6. The van der Waals surface area contributed by atoms with Gasteiger partial charge in [-0.2, -0.15) is 13.2 Å². The Morgan fingerprint density at radius 3 is 1.10 bits per heavy atom. The number of carboxylic acids is 3. The van der Waals surface area contributed by atoms with Gasteiger partial charge < -0.3 is 45.5 Å². The maximum absolute atomic E-state index is 13.5.